The van der Waals surface area contributed by atoms with Gasteiger partial charge in [0.25, 0.3) is 0 Å². The van der Waals surface area contributed by atoms with Gasteiger partial charge in [0.1, 0.15) is 17.4 Å². The minimum atomic E-state index is -0.820. The van der Waals surface area contributed by atoms with Gasteiger partial charge in [0, 0.05) is 0 Å². The monoisotopic (exact) mass is 528 g/mol. The molecule has 1 heterocycles. The first-order chi connectivity index (χ1) is 14.3. The van der Waals surface area contributed by atoms with Crippen molar-refractivity contribution in [3.05, 3.63) is 44.1 Å². The first-order valence-corrected chi connectivity index (χ1v) is 9.89. The summed E-state index contributed by atoms with van der Waals surface area (Å²) in [5, 5.41) is 9.68. The molecule has 160 valence electrons. The summed E-state index contributed by atoms with van der Waals surface area (Å²) in [6.45, 7) is 3.12. The number of hydrogen-bond donors (Lipinski definition) is 1. The number of nitriles is 1. The fourth-order valence-electron chi connectivity index (χ4n) is 2.92. The van der Waals surface area contributed by atoms with Crippen LogP contribution in [0.15, 0.2) is 34.9 Å². The van der Waals surface area contributed by atoms with Crippen molar-refractivity contribution < 1.29 is 33.3 Å². The van der Waals surface area contributed by atoms with Crippen molar-refractivity contribution in [2.75, 3.05) is 27.4 Å². The molecule has 2 N–H and O–H groups in total. The van der Waals surface area contributed by atoms with E-state index in [1.165, 1.54) is 14.2 Å². The lowest BCUT2D eigenvalue weighted by molar-refractivity contribution is -0.143. The maximum Gasteiger partial charge on any atom is 0.343 e. The number of esters is 2. The number of nitrogens with two attached hydrogens (primary N) is 1. The van der Waals surface area contributed by atoms with E-state index in [0.29, 0.717) is 20.6 Å². The molecule has 0 fully saturated rings. The predicted octanol–water partition coefficient (Wildman–Crippen LogP) is 2.50. The van der Waals surface area contributed by atoms with E-state index in [2.05, 4.69) is 4.74 Å². The number of hydrogen-bond acceptors (Lipinski definition) is 9. The zero-order valence-corrected chi connectivity index (χ0v) is 19.1. The van der Waals surface area contributed by atoms with Gasteiger partial charge in [-0.15, -0.1) is 0 Å². The molecule has 10 heteroatoms. The highest BCUT2D eigenvalue weighted by Gasteiger charge is 2.37. The van der Waals surface area contributed by atoms with Crippen LogP contribution in [0.2, 0.25) is 0 Å². The summed E-state index contributed by atoms with van der Waals surface area (Å²) in [6, 6.07) is 5.35. The molecular formula is C20H21IN2O7. The number of carbonyl (C=O) groups excluding carboxylic acids is 2. The van der Waals surface area contributed by atoms with Crippen molar-refractivity contribution in [1.29, 1.82) is 5.26 Å². The van der Waals surface area contributed by atoms with Gasteiger partial charge in [-0.3, -0.25) is 0 Å². The van der Waals surface area contributed by atoms with Crippen molar-refractivity contribution >= 4 is 34.5 Å². The Morgan fingerprint density at radius 1 is 1.33 bits per heavy atom. The van der Waals surface area contributed by atoms with Crippen LogP contribution >= 0.6 is 22.6 Å². The Kier molecular flexibility index (Phi) is 7.93. The van der Waals surface area contributed by atoms with Crippen LogP contribution in [-0.2, 0) is 23.8 Å². The molecule has 0 saturated carbocycles. The Morgan fingerprint density at radius 3 is 2.60 bits per heavy atom. The summed E-state index contributed by atoms with van der Waals surface area (Å²) in [5.74, 6) is -1.19. The minimum absolute atomic E-state index is 0.0738. The molecule has 0 spiro atoms. The van der Waals surface area contributed by atoms with Gasteiger partial charge in [-0.05, 0) is 54.1 Å². The van der Waals surface area contributed by atoms with Crippen molar-refractivity contribution in [2.45, 2.75) is 19.8 Å². The Labute approximate surface area is 187 Å². The molecule has 0 amide bonds. The number of benzene rings is 1. The second-order valence-electron chi connectivity index (χ2n) is 6.01. The zero-order chi connectivity index (χ0) is 22.4. The zero-order valence-electron chi connectivity index (χ0n) is 16.9. The van der Waals surface area contributed by atoms with Crippen molar-refractivity contribution in [3.8, 4) is 17.6 Å². The fourth-order valence-corrected chi connectivity index (χ4v) is 3.71. The fraction of sp³-hybridized carbons (Fsp3) is 0.350. The molecule has 0 bridgehead atoms. The molecule has 0 aromatic heterocycles. The molecule has 1 aromatic rings. The van der Waals surface area contributed by atoms with Gasteiger partial charge in [0.15, 0.2) is 18.1 Å². The molecule has 2 rings (SSSR count). The molecule has 30 heavy (non-hydrogen) atoms. The predicted molar refractivity (Wildman–Crippen MR) is 113 cm³/mol. The molecule has 0 saturated heterocycles. The van der Waals surface area contributed by atoms with E-state index in [4.69, 9.17) is 24.7 Å². The van der Waals surface area contributed by atoms with E-state index in [-0.39, 0.29) is 36.0 Å². The van der Waals surface area contributed by atoms with E-state index in [0.717, 1.165) is 0 Å². The molecule has 1 atom stereocenters. The standard InChI is InChI=1S/C20H21IN2O7/c1-5-28-20(25)16-10(2)30-19(23)12(8-22)17(16)11-6-13(21)18(14(7-11)26-3)29-9-15(24)27-4/h6-7,17H,5,9,23H2,1-4H3. The van der Waals surface area contributed by atoms with Gasteiger partial charge in [-0.1, -0.05) is 0 Å². The smallest absolute Gasteiger partial charge is 0.343 e. The Hall–Kier alpha value is -2.94. The normalized spacial score (nSPS) is 15.8. The SMILES string of the molecule is CCOC(=O)C1=C(C)OC(N)=C(C#N)C1c1cc(I)c(OCC(=O)OC)c(OC)c1. The highest BCUT2D eigenvalue weighted by molar-refractivity contribution is 14.1. The molecule has 1 unspecified atom stereocenters. The van der Waals surface area contributed by atoms with Crippen LogP contribution in [0.25, 0.3) is 0 Å². The lowest BCUT2D eigenvalue weighted by Crippen LogP contribution is -2.25. The summed E-state index contributed by atoms with van der Waals surface area (Å²) in [7, 11) is 2.70. The van der Waals surface area contributed by atoms with Crippen LogP contribution in [0.5, 0.6) is 11.5 Å². The molecule has 1 aromatic carbocycles. The van der Waals surface area contributed by atoms with Crippen LogP contribution in [0, 0.1) is 14.9 Å². The molecule has 1 aliphatic rings. The average molecular weight is 528 g/mol. The van der Waals surface area contributed by atoms with Crippen LogP contribution in [0.3, 0.4) is 0 Å². The number of allylic oxidation sites excluding steroid dienone is 2. The van der Waals surface area contributed by atoms with Gasteiger partial charge in [-0.25, -0.2) is 9.59 Å². The number of carbonyl (C=O) groups is 2. The van der Waals surface area contributed by atoms with Crippen LogP contribution in [0.4, 0.5) is 0 Å². The van der Waals surface area contributed by atoms with E-state index in [1.807, 2.05) is 28.7 Å². The second-order valence-corrected chi connectivity index (χ2v) is 7.18. The summed E-state index contributed by atoms with van der Waals surface area (Å²) < 4.78 is 26.7. The first kappa shape index (κ1) is 23.3. The number of halogens is 1. The highest BCUT2D eigenvalue weighted by Crippen LogP contribution is 2.43. The van der Waals surface area contributed by atoms with Gasteiger partial charge in [0.05, 0.1) is 35.9 Å². The molecule has 0 radical (unpaired) electrons. The summed E-state index contributed by atoms with van der Waals surface area (Å²) in [6.07, 6.45) is 0. The summed E-state index contributed by atoms with van der Waals surface area (Å²) in [5.41, 5.74) is 6.71. The lowest BCUT2D eigenvalue weighted by atomic mass is 9.83. The average Bonchev–Trinajstić information content (AvgIpc) is 2.71. The van der Waals surface area contributed by atoms with Crippen LogP contribution in [0.1, 0.15) is 25.3 Å². The number of ether oxygens (including phenoxy) is 5. The lowest BCUT2D eigenvalue weighted by Gasteiger charge is -2.27. The Balaban J connectivity index is 2.61. The van der Waals surface area contributed by atoms with E-state index >= 15 is 0 Å². The van der Waals surface area contributed by atoms with Crippen LogP contribution < -0.4 is 15.2 Å². The van der Waals surface area contributed by atoms with Gasteiger partial charge < -0.3 is 29.4 Å². The first-order valence-electron chi connectivity index (χ1n) is 8.81. The van der Waals surface area contributed by atoms with Crippen LogP contribution in [-0.4, -0.2) is 39.4 Å². The summed E-state index contributed by atoms with van der Waals surface area (Å²) >= 11 is 2.01. The minimum Gasteiger partial charge on any atom is -0.493 e. The maximum atomic E-state index is 12.6. The van der Waals surface area contributed by atoms with Gasteiger partial charge >= 0.3 is 11.9 Å². The highest BCUT2D eigenvalue weighted by atomic mass is 127. The number of nitrogens with zero attached hydrogens (tertiary/aromatic N) is 1. The quantitative estimate of drug-likeness (QED) is 0.419. The molecule has 0 aliphatic carbocycles. The van der Waals surface area contributed by atoms with Gasteiger partial charge in [0.2, 0.25) is 5.88 Å². The van der Waals surface area contributed by atoms with E-state index in [9.17, 15) is 14.9 Å². The Bertz CT molecular complexity index is 963. The van der Waals surface area contributed by atoms with Crippen molar-refractivity contribution in [2.24, 2.45) is 5.73 Å². The molecule has 9 nitrogen and oxygen atoms in total. The third-order valence-corrected chi connectivity index (χ3v) is 5.05. The van der Waals surface area contributed by atoms with Crippen molar-refractivity contribution in [3.63, 3.8) is 0 Å². The third kappa shape index (κ3) is 4.79. The number of methoxy groups -OCH3 is 2. The number of rotatable bonds is 7. The summed E-state index contributed by atoms with van der Waals surface area (Å²) in [4.78, 5) is 24.1. The largest absolute Gasteiger partial charge is 0.493 e. The topological polar surface area (TPSA) is 130 Å². The Morgan fingerprint density at radius 2 is 2.03 bits per heavy atom. The van der Waals surface area contributed by atoms with Crippen molar-refractivity contribution in [1.82, 2.24) is 0 Å². The molecular weight excluding hydrogens is 507 g/mol. The third-order valence-electron chi connectivity index (χ3n) is 4.25. The van der Waals surface area contributed by atoms with Gasteiger partial charge in [-0.2, -0.15) is 5.26 Å². The van der Waals surface area contributed by atoms with E-state index < -0.39 is 17.9 Å². The van der Waals surface area contributed by atoms with E-state index in [1.54, 1.807) is 26.0 Å². The maximum absolute atomic E-state index is 12.6. The molecule has 1 aliphatic heterocycles. The second kappa shape index (κ2) is 10.2.